The van der Waals surface area contributed by atoms with Gasteiger partial charge in [-0.1, -0.05) is 29.8 Å². The number of nitrogen functional groups attached to an aromatic ring is 1. The maximum Gasteiger partial charge on any atom is 0.101 e. The number of hydrogen-bond acceptors (Lipinski definition) is 3. The van der Waals surface area contributed by atoms with E-state index in [-0.39, 0.29) is 0 Å². The van der Waals surface area contributed by atoms with Gasteiger partial charge in [0.15, 0.2) is 0 Å². The van der Waals surface area contributed by atoms with Crippen molar-refractivity contribution in [1.82, 2.24) is 9.78 Å². The molecule has 4 nitrogen and oxygen atoms in total. The third-order valence-corrected chi connectivity index (χ3v) is 3.50. The molecule has 21 heavy (non-hydrogen) atoms. The topological polar surface area (TPSA) is 67.6 Å². The van der Waals surface area contributed by atoms with Crippen molar-refractivity contribution in [3.63, 3.8) is 0 Å². The highest BCUT2D eigenvalue weighted by molar-refractivity contribution is 6.31. The Bertz CT molecular complexity index is 845. The van der Waals surface area contributed by atoms with Gasteiger partial charge < -0.3 is 5.73 Å². The lowest BCUT2D eigenvalue weighted by Crippen LogP contribution is -1.94. The summed E-state index contributed by atoms with van der Waals surface area (Å²) in [5.41, 5.74) is 9.77. The van der Waals surface area contributed by atoms with Gasteiger partial charge in [-0.05, 0) is 24.3 Å². The maximum absolute atomic E-state index is 8.89. The van der Waals surface area contributed by atoms with E-state index in [1.807, 2.05) is 36.5 Å². The predicted octanol–water partition coefficient (Wildman–Crippen LogP) is 3.65. The van der Waals surface area contributed by atoms with Crippen molar-refractivity contribution in [1.29, 1.82) is 5.26 Å². The summed E-state index contributed by atoms with van der Waals surface area (Å²) in [5, 5.41) is 13.6. The third-order valence-electron chi connectivity index (χ3n) is 3.19. The fraction of sp³-hybridized carbons (Fsp3) is 0. The van der Waals surface area contributed by atoms with E-state index in [2.05, 4.69) is 5.10 Å². The Morgan fingerprint density at radius 1 is 1.19 bits per heavy atom. The van der Waals surface area contributed by atoms with Crippen molar-refractivity contribution in [2.24, 2.45) is 0 Å². The van der Waals surface area contributed by atoms with Gasteiger partial charge in [-0.25, -0.2) is 4.68 Å². The zero-order chi connectivity index (χ0) is 14.8. The molecule has 0 aliphatic heterocycles. The monoisotopic (exact) mass is 294 g/mol. The number of hydrogen-bond donors (Lipinski definition) is 1. The van der Waals surface area contributed by atoms with E-state index >= 15 is 0 Å². The molecule has 3 rings (SSSR count). The Morgan fingerprint density at radius 2 is 2.00 bits per heavy atom. The van der Waals surface area contributed by atoms with Crippen molar-refractivity contribution >= 4 is 17.3 Å². The Balaban J connectivity index is 2.01. The molecular formula is C16H11ClN4. The number of nitrogens with two attached hydrogens (primary N) is 1. The third kappa shape index (κ3) is 2.47. The highest BCUT2D eigenvalue weighted by atomic mass is 35.5. The van der Waals surface area contributed by atoms with Crippen LogP contribution in [0.2, 0.25) is 5.02 Å². The zero-order valence-corrected chi connectivity index (χ0v) is 11.7. The van der Waals surface area contributed by atoms with Crippen LogP contribution >= 0.6 is 11.6 Å². The van der Waals surface area contributed by atoms with E-state index in [1.54, 1.807) is 29.1 Å². The smallest absolute Gasteiger partial charge is 0.101 e. The average Bonchev–Trinajstić information content (AvgIpc) is 2.97. The quantitative estimate of drug-likeness (QED) is 0.734. The van der Waals surface area contributed by atoms with Crippen LogP contribution in [0.1, 0.15) is 5.56 Å². The number of halogens is 1. The van der Waals surface area contributed by atoms with Gasteiger partial charge in [0.25, 0.3) is 0 Å². The molecule has 2 N–H and O–H groups in total. The van der Waals surface area contributed by atoms with Gasteiger partial charge in [0, 0.05) is 23.0 Å². The molecule has 0 saturated carbocycles. The number of nitriles is 1. The van der Waals surface area contributed by atoms with E-state index in [9.17, 15) is 0 Å². The highest BCUT2D eigenvalue weighted by Crippen LogP contribution is 2.26. The van der Waals surface area contributed by atoms with Crippen LogP contribution in [0.5, 0.6) is 0 Å². The molecule has 0 aliphatic carbocycles. The lowest BCUT2D eigenvalue weighted by Gasteiger charge is -2.03. The molecule has 0 radical (unpaired) electrons. The molecule has 5 heteroatoms. The Hall–Kier alpha value is -2.77. The minimum absolute atomic E-state index is 0.409. The van der Waals surface area contributed by atoms with Crippen LogP contribution in [-0.4, -0.2) is 9.78 Å². The first-order valence-corrected chi connectivity index (χ1v) is 6.66. The van der Waals surface area contributed by atoms with Crippen LogP contribution in [0.3, 0.4) is 0 Å². The minimum Gasteiger partial charge on any atom is -0.398 e. The van der Waals surface area contributed by atoms with E-state index in [1.165, 1.54) is 0 Å². The van der Waals surface area contributed by atoms with E-state index in [0.29, 0.717) is 16.3 Å². The zero-order valence-electron chi connectivity index (χ0n) is 11.0. The van der Waals surface area contributed by atoms with Crippen molar-refractivity contribution in [3.05, 3.63) is 65.4 Å². The molecule has 3 aromatic rings. The molecule has 0 amide bonds. The van der Waals surface area contributed by atoms with Gasteiger partial charge in [0.05, 0.1) is 22.5 Å². The summed E-state index contributed by atoms with van der Waals surface area (Å²) in [6.45, 7) is 0. The summed E-state index contributed by atoms with van der Waals surface area (Å²) in [6.07, 6.45) is 3.63. The Kier molecular flexibility index (Phi) is 3.35. The van der Waals surface area contributed by atoms with Crippen LogP contribution in [0.15, 0.2) is 54.9 Å². The van der Waals surface area contributed by atoms with E-state index in [4.69, 9.17) is 22.6 Å². The van der Waals surface area contributed by atoms with E-state index < -0.39 is 0 Å². The van der Waals surface area contributed by atoms with Gasteiger partial charge >= 0.3 is 0 Å². The standard InChI is InChI=1S/C16H11ClN4/c17-15-7-13(6-5-11(15)8-18)21-10-12(9-20-21)14-3-1-2-4-16(14)19/h1-7,9-10H,19H2. The lowest BCUT2D eigenvalue weighted by atomic mass is 10.1. The number of anilines is 1. The fourth-order valence-electron chi connectivity index (χ4n) is 2.10. The lowest BCUT2D eigenvalue weighted by molar-refractivity contribution is 0.880. The van der Waals surface area contributed by atoms with Gasteiger partial charge in [0.1, 0.15) is 6.07 Å². The average molecular weight is 295 g/mol. The number of benzene rings is 2. The summed E-state index contributed by atoms with van der Waals surface area (Å²) in [4.78, 5) is 0. The maximum atomic E-state index is 8.89. The summed E-state index contributed by atoms with van der Waals surface area (Å²) in [5.74, 6) is 0. The minimum atomic E-state index is 0.409. The molecule has 0 spiro atoms. The van der Waals surface area contributed by atoms with Gasteiger partial charge in [-0.15, -0.1) is 0 Å². The second-order valence-corrected chi connectivity index (χ2v) is 4.94. The molecule has 102 valence electrons. The second kappa shape index (κ2) is 5.31. The number of para-hydroxylation sites is 1. The molecule has 0 saturated heterocycles. The van der Waals surface area contributed by atoms with Crippen LogP contribution in [0.25, 0.3) is 16.8 Å². The Labute approximate surface area is 127 Å². The summed E-state index contributed by atoms with van der Waals surface area (Å²) in [7, 11) is 0. The summed E-state index contributed by atoms with van der Waals surface area (Å²) >= 11 is 6.04. The van der Waals surface area contributed by atoms with Gasteiger partial charge in [-0.3, -0.25) is 0 Å². The number of aromatic nitrogens is 2. The molecule has 0 fully saturated rings. The molecule has 0 aliphatic rings. The predicted molar refractivity (Wildman–Crippen MR) is 83.1 cm³/mol. The molecule has 0 atom stereocenters. The molecule has 2 aromatic carbocycles. The Morgan fingerprint density at radius 3 is 2.71 bits per heavy atom. The van der Waals surface area contributed by atoms with Crippen LogP contribution < -0.4 is 5.73 Å². The van der Waals surface area contributed by atoms with Crippen molar-refractivity contribution in [3.8, 4) is 22.9 Å². The van der Waals surface area contributed by atoms with Crippen molar-refractivity contribution in [2.75, 3.05) is 5.73 Å². The number of nitrogens with zero attached hydrogens (tertiary/aromatic N) is 3. The van der Waals surface area contributed by atoms with Crippen LogP contribution in [0, 0.1) is 11.3 Å². The highest BCUT2D eigenvalue weighted by Gasteiger charge is 2.07. The summed E-state index contributed by atoms with van der Waals surface area (Å²) < 4.78 is 1.70. The first-order chi connectivity index (χ1) is 10.2. The normalized spacial score (nSPS) is 10.3. The van der Waals surface area contributed by atoms with Crippen LogP contribution in [0.4, 0.5) is 5.69 Å². The van der Waals surface area contributed by atoms with Gasteiger partial charge in [-0.2, -0.15) is 10.4 Å². The molecule has 1 heterocycles. The number of rotatable bonds is 2. The molecule has 1 aromatic heterocycles. The first kappa shape index (κ1) is 13.2. The largest absolute Gasteiger partial charge is 0.398 e. The first-order valence-electron chi connectivity index (χ1n) is 6.28. The summed E-state index contributed by atoms with van der Waals surface area (Å²) in [6, 6.07) is 14.8. The fourth-order valence-corrected chi connectivity index (χ4v) is 2.32. The van der Waals surface area contributed by atoms with E-state index in [0.717, 1.165) is 16.8 Å². The van der Waals surface area contributed by atoms with Gasteiger partial charge in [0.2, 0.25) is 0 Å². The molecule has 0 unspecified atom stereocenters. The van der Waals surface area contributed by atoms with Crippen LogP contribution in [-0.2, 0) is 0 Å². The SMILES string of the molecule is N#Cc1ccc(-n2cc(-c3ccccc3N)cn2)cc1Cl. The van der Waals surface area contributed by atoms with Crippen molar-refractivity contribution < 1.29 is 0 Å². The molecule has 0 bridgehead atoms. The van der Waals surface area contributed by atoms with Crippen molar-refractivity contribution in [2.45, 2.75) is 0 Å². The second-order valence-electron chi connectivity index (χ2n) is 4.54. The molecular weight excluding hydrogens is 284 g/mol.